The van der Waals surface area contributed by atoms with Gasteiger partial charge in [-0.1, -0.05) is 18.2 Å². The van der Waals surface area contributed by atoms with Gasteiger partial charge < -0.3 is 19.4 Å². The number of nitrogens with zero attached hydrogens (tertiary/aromatic N) is 1. The molecular formula is C21H24N2O5. The lowest BCUT2D eigenvalue weighted by atomic mass is 10.1. The number of para-hydroxylation sites is 1. The van der Waals surface area contributed by atoms with Crippen molar-refractivity contribution in [2.75, 3.05) is 12.0 Å². The summed E-state index contributed by atoms with van der Waals surface area (Å²) in [5, 5.41) is 0. The summed E-state index contributed by atoms with van der Waals surface area (Å²) in [5.41, 5.74) is 3.34. The van der Waals surface area contributed by atoms with Crippen LogP contribution in [0.25, 0.3) is 0 Å². The predicted octanol–water partition coefficient (Wildman–Crippen LogP) is 2.94. The molecule has 148 valence electrons. The summed E-state index contributed by atoms with van der Waals surface area (Å²) in [6, 6.07) is 7.71. The smallest absolute Gasteiger partial charge is 0.355 e. The van der Waals surface area contributed by atoms with Crippen LogP contribution in [-0.2, 0) is 20.7 Å². The molecule has 0 saturated heterocycles. The Bertz CT molecular complexity index is 946. The second kappa shape index (κ2) is 7.50. The SMILES string of the molecule is COC(=O)c1c(C)[nH]c(C(=O)OC(C)C(=O)N2c3ccccc3CC2C)c1C. The van der Waals surface area contributed by atoms with E-state index in [1.165, 1.54) is 7.11 Å². The van der Waals surface area contributed by atoms with Crippen molar-refractivity contribution in [1.29, 1.82) is 0 Å². The molecule has 2 unspecified atom stereocenters. The monoisotopic (exact) mass is 384 g/mol. The topological polar surface area (TPSA) is 88.7 Å². The minimum atomic E-state index is -0.967. The Kier molecular flexibility index (Phi) is 5.27. The van der Waals surface area contributed by atoms with E-state index in [2.05, 4.69) is 4.98 Å². The number of benzene rings is 1. The number of nitrogens with one attached hydrogen (secondary N) is 1. The molecule has 1 aliphatic rings. The third-order valence-corrected chi connectivity index (χ3v) is 5.11. The van der Waals surface area contributed by atoms with Crippen LogP contribution in [0.5, 0.6) is 0 Å². The second-order valence-corrected chi connectivity index (χ2v) is 7.05. The molecular weight excluding hydrogens is 360 g/mol. The number of H-pyrrole nitrogens is 1. The first-order valence-corrected chi connectivity index (χ1v) is 9.15. The number of anilines is 1. The molecule has 2 aromatic rings. The molecule has 1 aromatic heterocycles. The standard InChI is InChI=1S/C21H24N2O5/c1-11-10-15-8-6-7-9-16(15)23(11)19(24)14(4)28-21(26)18-12(2)17(13(3)22-18)20(25)27-5/h6-9,11,14,22H,10H2,1-5H3. The van der Waals surface area contributed by atoms with E-state index >= 15 is 0 Å². The van der Waals surface area contributed by atoms with Gasteiger partial charge in [-0.3, -0.25) is 4.79 Å². The summed E-state index contributed by atoms with van der Waals surface area (Å²) in [6.45, 7) is 6.83. The number of methoxy groups -OCH3 is 1. The van der Waals surface area contributed by atoms with Gasteiger partial charge in [-0.25, -0.2) is 9.59 Å². The maximum Gasteiger partial charge on any atom is 0.355 e. The molecule has 0 saturated carbocycles. The molecule has 0 fully saturated rings. The summed E-state index contributed by atoms with van der Waals surface area (Å²) in [4.78, 5) is 42.0. The van der Waals surface area contributed by atoms with E-state index in [9.17, 15) is 14.4 Å². The average molecular weight is 384 g/mol. The predicted molar refractivity (Wildman–Crippen MR) is 104 cm³/mol. The number of aryl methyl sites for hydroxylation is 1. The van der Waals surface area contributed by atoms with E-state index < -0.39 is 18.0 Å². The number of aromatic nitrogens is 1. The van der Waals surface area contributed by atoms with Gasteiger partial charge in [-0.2, -0.15) is 0 Å². The molecule has 7 nitrogen and oxygen atoms in total. The minimum Gasteiger partial charge on any atom is -0.465 e. The van der Waals surface area contributed by atoms with Crippen LogP contribution < -0.4 is 4.90 Å². The lowest BCUT2D eigenvalue weighted by Gasteiger charge is -2.25. The number of fused-ring (bicyclic) bond motifs is 1. The van der Waals surface area contributed by atoms with Gasteiger partial charge in [0.05, 0.1) is 12.7 Å². The Morgan fingerprint density at radius 3 is 2.54 bits per heavy atom. The lowest BCUT2D eigenvalue weighted by Crippen LogP contribution is -2.43. The normalized spacial score (nSPS) is 16.5. The first-order chi connectivity index (χ1) is 13.3. The third kappa shape index (κ3) is 3.28. The molecule has 1 N–H and O–H groups in total. The summed E-state index contributed by atoms with van der Waals surface area (Å²) in [6.07, 6.45) is -0.203. The fourth-order valence-electron chi connectivity index (χ4n) is 3.73. The van der Waals surface area contributed by atoms with Crippen molar-refractivity contribution in [3.8, 4) is 0 Å². The van der Waals surface area contributed by atoms with E-state index in [0.717, 1.165) is 17.7 Å². The molecule has 0 spiro atoms. The van der Waals surface area contributed by atoms with Gasteiger partial charge in [-0.05, 0) is 51.3 Å². The number of esters is 2. The Hall–Kier alpha value is -3.09. The van der Waals surface area contributed by atoms with Crippen molar-refractivity contribution in [3.05, 3.63) is 52.3 Å². The molecule has 2 heterocycles. The molecule has 28 heavy (non-hydrogen) atoms. The number of aromatic amines is 1. The van der Waals surface area contributed by atoms with Gasteiger partial charge >= 0.3 is 11.9 Å². The maximum absolute atomic E-state index is 13.0. The van der Waals surface area contributed by atoms with Crippen molar-refractivity contribution < 1.29 is 23.9 Å². The van der Waals surface area contributed by atoms with E-state index in [1.807, 2.05) is 31.2 Å². The van der Waals surface area contributed by atoms with E-state index in [-0.39, 0.29) is 17.6 Å². The fraction of sp³-hybridized carbons (Fsp3) is 0.381. The number of amides is 1. The van der Waals surface area contributed by atoms with Crippen LogP contribution in [0.15, 0.2) is 24.3 Å². The maximum atomic E-state index is 13.0. The Balaban J connectivity index is 1.78. The Morgan fingerprint density at radius 1 is 1.18 bits per heavy atom. The highest BCUT2D eigenvalue weighted by Crippen LogP contribution is 2.32. The lowest BCUT2D eigenvalue weighted by molar-refractivity contribution is -0.126. The second-order valence-electron chi connectivity index (χ2n) is 7.05. The minimum absolute atomic E-state index is 0.00792. The number of ether oxygens (including phenoxy) is 2. The number of carbonyl (C=O) groups is 3. The van der Waals surface area contributed by atoms with Gasteiger partial charge in [0, 0.05) is 17.4 Å². The van der Waals surface area contributed by atoms with Crippen LogP contribution in [0.1, 0.15) is 51.5 Å². The largest absolute Gasteiger partial charge is 0.465 e. The molecule has 3 rings (SSSR count). The Labute approximate surface area is 163 Å². The molecule has 2 atom stereocenters. The van der Waals surface area contributed by atoms with Crippen molar-refractivity contribution in [1.82, 2.24) is 4.98 Å². The zero-order chi connectivity index (χ0) is 20.6. The first kappa shape index (κ1) is 19.7. The number of carbonyl (C=O) groups excluding carboxylic acids is 3. The molecule has 0 bridgehead atoms. The number of rotatable bonds is 4. The first-order valence-electron chi connectivity index (χ1n) is 9.15. The van der Waals surface area contributed by atoms with Crippen LogP contribution in [0.2, 0.25) is 0 Å². The van der Waals surface area contributed by atoms with Crippen LogP contribution in [0.3, 0.4) is 0 Å². The van der Waals surface area contributed by atoms with Gasteiger partial charge in [0.15, 0.2) is 6.10 Å². The van der Waals surface area contributed by atoms with Crippen molar-refractivity contribution in [3.63, 3.8) is 0 Å². The number of hydrogen-bond acceptors (Lipinski definition) is 5. The number of hydrogen-bond donors (Lipinski definition) is 1. The van der Waals surface area contributed by atoms with E-state index in [1.54, 1.807) is 25.7 Å². The summed E-state index contributed by atoms with van der Waals surface area (Å²) in [5.74, 6) is -1.49. The molecule has 1 amide bonds. The van der Waals surface area contributed by atoms with Crippen molar-refractivity contribution in [2.45, 2.75) is 46.3 Å². The van der Waals surface area contributed by atoms with Gasteiger partial charge in [0.1, 0.15) is 5.69 Å². The molecule has 7 heteroatoms. The summed E-state index contributed by atoms with van der Waals surface area (Å²) in [7, 11) is 1.28. The summed E-state index contributed by atoms with van der Waals surface area (Å²) < 4.78 is 10.2. The van der Waals surface area contributed by atoms with Gasteiger partial charge in [-0.15, -0.1) is 0 Å². The Morgan fingerprint density at radius 2 is 1.86 bits per heavy atom. The van der Waals surface area contributed by atoms with E-state index in [0.29, 0.717) is 16.8 Å². The highest BCUT2D eigenvalue weighted by atomic mass is 16.5. The highest BCUT2D eigenvalue weighted by Gasteiger charge is 2.35. The fourth-order valence-corrected chi connectivity index (χ4v) is 3.73. The van der Waals surface area contributed by atoms with Crippen LogP contribution in [-0.4, -0.2) is 42.1 Å². The van der Waals surface area contributed by atoms with Crippen LogP contribution >= 0.6 is 0 Å². The van der Waals surface area contributed by atoms with Crippen molar-refractivity contribution in [2.24, 2.45) is 0 Å². The van der Waals surface area contributed by atoms with Crippen molar-refractivity contribution >= 4 is 23.5 Å². The molecule has 0 radical (unpaired) electrons. The molecule has 1 aromatic carbocycles. The van der Waals surface area contributed by atoms with Gasteiger partial charge in [0.25, 0.3) is 5.91 Å². The third-order valence-electron chi connectivity index (χ3n) is 5.11. The van der Waals surface area contributed by atoms with E-state index in [4.69, 9.17) is 9.47 Å². The molecule has 1 aliphatic heterocycles. The zero-order valence-corrected chi connectivity index (χ0v) is 16.7. The van der Waals surface area contributed by atoms with Gasteiger partial charge in [0.2, 0.25) is 0 Å². The zero-order valence-electron chi connectivity index (χ0n) is 16.7. The highest BCUT2D eigenvalue weighted by molar-refractivity contribution is 6.02. The molecule has 0 aliphatic carbocycles. The van der Waals surface area contributed by atoms with Crippen LogP contribution in [0.4, 0.5) is 5.69 Å². The summed E-state index contributed by atoms with van der Waals surface area (Å²) >= 11 is 0. The van der Waals surface area contributed by atoms with Crippen LogP contribution in [0, 0.1) is 13.8 Å². The quantitative estimate of drug-likeness (QED) is 0.819. The average Bonchev–Trinajstić information content (AvgIpc) is 3.15.